The Kier molecular flexibility index (Phi) is 6.23. The summed E-state index contributed by atoms with van der Waals surface area (Å²) in [6.07, 6.45) is 0. The van der Waals surface area contributed by atoms with Crippen molar-refractivity contribution in [1.29, 1.82) is 0 Å². The van der Waals surface area contributed by atoms with Gasteiger partial charge >= 0.3 is 168 Å². The van der Waals surface area contributed by atoms with Crippen molar-refractivity contribution in [2.75, 3.05) is 7.11 Å². The first-order valence-electron chi connectivity index (χ1n) is 8.40. The normalized spacial score (nSPS) is 13.2. The molecule has 0 spiro atoms. The average molecular weight is 445 g/mol. The van der Waals surface area contributed by atoms with Gasteiger partial charge in [0.1, 0.15) is 0 Å². The van der Waals surface area contributed by atoms with Crippen LogP contribution in [-0.2, 0) is 26.5 Å². The molecule has 0 radical (unpaired) electrons. The van der Waals surface area contributed by atoms with Crippen LogP contribution in [0.5, 0.6) is 0 Å². The van der Waals surface area contributed by atoms with Crippen molar-refractivity contribution in [3.8, 4) is 0 Å². The molecule has 0 N–H and O–H groups in total. The predicted octanol–water partition coefficient (Wildman–Crippen LogP) is 3.54. The number of methoxy groups -OCH3 is 1. The molecule has 7 nitrogen and oxygen atoms in total. The standard InChI is InChI=1S/C20H18N2O5Se/c1-14(23)27-20(18-9-6-12-28-18,17-11-10-16(26-17)19(24)25-2)22-21-13-15-7-4-3-5-8-15/h3-12H,13H2,1-2H3. The molecule has 1 unspecified atom stereocenters. The Labute approximate surface area is 167 Å². The Morgan fingerprint density at radius 3 is 2.54 bits per heavy atom. The van der Waals surface area contributed by atoms with Crippen LogP contribution in [-0.4, -0.2) is 33.6 Å². The second kappa shape index (κ2) is 8.82. The van der Waals surface area contributed by atoms with Crippen LogP contribution in [0.25, 0.3) is 0 Å². The van der Waals surface area contributed by atoms with Gasteiger partial charge in [-0.05, 0) is 0 Å². The third kappa shape index (κ3) is 4.30. The molecule has 0 aliphatic carbocycles. The van der Waals surface area contributed by atoms with E-state index in [0.29, 0.717) is 6.54 Å². The van der Waals surface area contributed by atoms with E-state index in [2.05, 4.69) is 10.2 Å². The second-order valence-electron chi connectivity index (χ2n) is 5.76. The van der Waals surface area contributed by atoms with Crippen LogP contribution in [0.3, 0.4) is 0 Å². The van der Waals surface area contributed by atoms with Crippen LogP contribution in [0, 0.1) is 0 Å². The first-order chi connectivity index (χ1) is 13.5. The Morgan fingerprint density at radius 1 is 1.11 bits per heavy atom. The second-order valence-corrected chi connectivity index (χ2v) is 7.74. The number of rotatable bonds is 7. The van der Waals surface area contributed by atoms with Gasteiger partial charge in [0.25, 0.3) is 0 Å². The van der Waals surface area contributed by atoms with Gasteiger partial charge in [0, 0.05) is 0 Å². The molecule has 0 aliphatic rings. The van der Waals surface area contributed by atoms with E-state index < -0.39 is 17.7 Å². The zero-order valence-electron chi connectivity index (χ0n) is 15.3. The summed E-state index contributed by atoms with van der Waals surface area (Å²) >= 11 is -0.112. The molecular formula is C20H18N2O5Se. The third-order valence-corrected chi connectivity index (χ3v) is 5.79. The van der Waals surface area contributed by atoms with E-state index in [0.717, 1.165) is 10.0 Å². The van der Waals surface area contributed by atoms with E-state index >= 15 is 0 Å². The summed E-state index contributed by atoms with van der Waals surface area (Å²) in [7, 11) is 1.26. The summed E-state index contributed by atoms with van der Waals surface area (Å²) in [5.74, 6) is -0.991. The summed E-state index contributed by atoms with van der Waals surface area (Å²) in [6, 6.07) is 16.3. The molecule has 0 bridgehead atoms. The molecule has 2 aromatic heterocycles. The molecule has 2 heterocycles. The quantitative estimate of drug-likeness (QED) is 0.315. The van der Waals surface area contributed by atoms with Crippen molar-refractivity contribution >= 4 is 26.4 Å². The van der Waals surface area contributed by atoms with E-state index in [1.807, 2.05) is 47.4 Å². The number of ether oxygens (including phenoxy) is 2. The van der Waals surface area contributed by atoms with Gasteiger partial charge in [0.15, 0.2) is 0 Å². The van der Waals surface area contributed by atoms with E-state index in [9.17, 15) is 9.59 Å². The van der Waals surface area contributed by atoms with Gasteiger partial charge in [0.05, 0.1) is 0 Å². The van der Waals surface area contributed by atoms with Gasteiger partial charge in [-0.25, -0.2) is 0 Å². The molecule has 0 fully saturated rings. The maximum absolute atomic E-state index is 11.9. The predicted molar refractivity (Wildman–Crippen MR) is 101 cm³/mol. The fraction of sp³-hybridized carbons (Fsp3) is 0.200. The zero-order valence-corrected chi connectivity index (χ0v) is 17.0. The Hall–Kier alpha value is -2.96. The molecule has 8 heteroatoms. The average Bonchev–Trinajstić information content (AvgIpc) is 3.39. The van der Waals surface area contributed by atoms with Crippen LogP contribution in [0.15, 0.2) is 74.2 Å². The van der Waals surface area contributed by atoms with Crippen molar-refractivity contribution in [3.05, 3.63) is 81.1 Å². The van der Waals surface area contributed by atoms with Crippen molar-refractivity contribution < 1.29 is 23.5 Å². The molecule has 3 aromatic rings. The molecule has 0 saturated carbocycles. The third-order valence-electron chi connectivity index (χ3n) is 3.78. The number of carbonyl (C=O) groups is 2. The van der Waals surface area contributed by atoms with Crippen molar-refractivity contribution in [1.82, 2.24) is 0 Å². The zero-order chi connectivity index (χ0) is 20.0. The molecule has 0 saturated heterocycles. The van der Waals surface area contributed by atoms with Crippen molar-refractivity contribution in [3.63, 3.8) is 0 Å². The monoisotopic (exact) mass is 446 g/mol. The van der Waals surface area contributed by atoms with Gasteiger partial charge < -0.3 is 0 Å². The number of esters is 2. The summed E-state index contributed by atoms with van der Waals surface area (Å²) in [5.41, 5.74) is -0.599. The first kappa shape index (κ1) is 19.8. The fourth-order valence-electron chi connectivity index (χ4n) is 2.55. The number of hydrogen-bond donors (Lipinski definition) is 0. The topological polar surface area (TPSA) is 90.5 Å². The van der Waals surface area contributed by atoms with Gasteiger partial charge in [-0.2, -0.15) is 0 Å². The molecule has 0 aliphatic heterocycles. The molecule has 1 aromatic carbocycles. The van der Waals surface area contributed by atoms with Crippen LogP contribution in [0.2, 0.25) is 0 Å². The van der Waals surface area contributed by atoms with E-state index in [-0.39, 0.29) is 26.0 Å². The van der Waals surface area contributed by atoms with Crippen molar-refractivity contribution in [2.45, 2.75) is 19.2 Å². The van der Waals surface area contributed by atoms with E-state index in [4.69, 9.17) is 13.9 Å². The number of nitrogens with zero attached hydrogens (tertiary/aromatic N) is 2. The summed E-state index contributed by atoms with van der Waals surface area (Å²) in [5, 5.41) is 8.66. The summed E-state index contributed by atoms with van der Waals surface area (Å²) in [4.78, 5) is 25.7. The molecule has 3 rings (SSSR count). The summed E-state index contributed by atoms with van der Waals surface area (Å²) in [6.45, 7) is 1.60. The van der Waals surface area contributed by atoms with Crippen LogP contribution in [0.4, 0.5) is 0 Å². The number of benzene rings is 1. The SMILES string of the molecule is COC(=O)c1ccc(C(N=NCc2ccccc2)(OC(C)=O)c2ccc[se]2)o1. The van der Waals surface area contributed by atoms with E-state index in [1.54, 1.807) is 6.07 Å². The fourth-order valence-corrected chi connectivity index (χ4v) is 4.24. The Morgan fingerprint density at radius 2 is 1.89 bits per heavy atom. The molecule has 28 heavy (non-hydrogen) atoms. The molecule has 144 valence electrons. The molecular weight excluding hydrogens is 427 g/mol. The van der Waals surface area contributed by atoms with E-state index in [1.165, 1.54) is 20.1 Å². The van der Waals surface area contributed by atoms with Crippen molar-refractivity contribution in [2.24, 2.45) is 10.2 Å². The number of azo groups is 1. The van der Waals surface area contributed by atoms with Crippen LogP contribution in [0.1, 0.15) is 33.2 Å². The molecule has 0 amide bonds. The Bertz CT molecular complexity index is 966. The number of carbonyl (C=O) groups excluding carboxylic acids is 2. The number of hydrogen-bond acceptors (Lipinski definition) is 7. The Balaban J connectivity index is 2.04. The van der Waals surface area contributed by atoms with Gasteiger partial charge in [-0.1, -0.05) is 0 Å². The minimum absolute atomic E-state index is 0.00802. The van der Waals surface area contributed by atoms with Gasteiger partial charge in [-0.3, -0.25) is 0 Å². The molecule has 1 atom stereocenters. The summed E-state index contributed by atoms with van der Waals surface area (Å²) < 4.78 is 16.7. The first-order valence-corrected chi connectivity index (χ1v) is 10.2. The number of furan rings is 1. The minimum atomic E-state index is -1.56. The van der Waals surface area contributed by atoms with Crippen LogP contribution >= 0.6 is 0 Å². The van der Waals surface area contributed by atoms with Crippen LogP contribution < -0.4 is 0 Å². The van der Waals surface area contributed by atoms with Gasteiger partial charge in [-0.15, -0.1) is 0 Å². The maximum atomic E-state index is 11.9. The van der Waals surface area contributed by atoms with Gasteiger partial charge in [0.2, 0.25) is 0 Å².